The molecule has 0 spiro atoms. The lowest BCUT2D eigenvalue weighted by Gasteiger charge is -2.06. The minimum atomic E-state index is -3.46. The Morgan fingerprint density at radius 1 is 1.15 bits per heavy atom. The van der Waals surface area contributed by atoms with Gasteiger partial charge in [-0.1, -0.05) is 18.2 Å². The number of hydrogen-bond donors (Lipinski definition) is 1. The molecule has 132 valence electrons. The number of hydrogen-bond acceptors (Lipinski definition) is 6. The van der Waals surface area contributed by atoms with Gasteiger partial charge in [-0.3, -0.25) is 9.20 Å². The number of fused-ring (bicyclic) bond motifs is 1. The second kappa shape index (κ2) is 7.33. The van der Waals surface area contributed by atoms with Crippen LogP contribution < -0.4 is 5.32 Å². The predicted octanol–water partition coefficient (Wildman–Crippen LogP) is 1.10. The number of benzene rings is 1. The number of carbonyl (C=O) groups excluding carboxylic acids is 1. The third-order valence-electron chi connectivity index (χ3n) is 3.68. The van der Waals surface area contributed by atoms with Gasteiger partial charge in [0.2, 0.25) is 0 Å². The highest BCUT2D eigenvalue weighted by atomic mass is 32.2. The molecule has 1 N–H and O–H groups in total. The van der Waals surface area contributed by atoms with Crippen molar-refractivity contribution in [1.82, 2.24) is 19.9 Å². The van der Waals surface area contributed by atoms with Gasteiger partial charge in [0, 0.05) is 11.8 Å². The number of carbonyl (C=O) groups is 1. The number of nitrogens with one attached hydrogen (secondary N) is 1. The van der Waals surface area contributed by atoms with Gasteiger partial charge in [0.05, 0.1) is 18.4 Å². The molecule has 0 fully saturated rings. The molecule has 0 bridgehead atoms. The monoisotopic (exact) mass is 369 g/mol. The molecule has 3 aromatic rings. The summed E-state index contributed by atoms with van der Waals surface area (Å²) in [6.07, 6.45) is 1.81. The zero-order valence-electron chi connectivity index (χ0n) is 13.7. The summed E-state index contributed by atoms with van der Waals surface area (Å²) in [5.41, 5.74) is 1.63. The molecule has 8 nitrogen and oxygen atoms in total. The zero-order valence-corrected chi connectivity index (χ0v) is 14.5. The lowest BCUT2D eigenvalue weighted by molar-refractivity contribution is 0.0949. The fourth-order valence-electron chi connectivity index (χ4n) is 2.43. The number of nitriles is 1. The van der Waals surface area contributed by atoms with Crippen molar-refractivity contribution in [2.75, 3.05) is 5.75 Å². The molecule has 0 unspecified atom stereocenters. The van der Waals surface area contributed by atoms with E-state index >= 15 is 0 Å². The third-order valence-corrected chi connectivity index (χ3v) is 5.02. The Hall–Kier alpha value is -3.25. The maximum atomic E-state index is 12.2. The number of amides is 1. The molecule has 0 radical (unpaired) electrons. The molecule has 0 aliphatic carbocycles. The first-order valence-corrected chi connectivity index (χ1v) is 9.54. The van der Waals surface area contributed by atoms with Gasteiger partial charge in [0.15, 0.2) is 21.3 Å². The van der Waals surface area contributed by atoms with E-state index in [1.54, 1.807) is 34.7 Å². The summed E-state index contributed by atoms with van der Waals surface area (Å²) in [6, 6.07) is 13.4. The first kappa shape index (κ1) is 17.6. The summed E-state index contributed by atoms with van der Waals surface area (Å²) in [6.45, 7) is 0.211. The van der Waals surface area contributed by atoms with Gasteiger partial charge in [-0.2, -0.15) is 5.26 Å². The molecule has 0 atom stereocenters. The van der Waals surface area contributed by atoms with E-state index in [9.17, 15) is 13.2 Å². The number of pyridine rings is 1. The lowest BCUT2D eigenvalue weighted by atomic mass is 10.1. The van der Waals surface area contributed by atoms with Crippen LogP contribution in [-0.2, 0) is 22.1 Å². The van der Waals surface area contributed by atoms with Crippen LogP contribution in [0.5, 0.6) is 0 Å². The van der Waals surface area contributed by atoms with Crippen LogP contribution in [0.3, 0.4) is 0 Å². The van der Waals surface area contributed by atoms with E-state index in [2.05, 4.69) is 15.5 Å². The largest absolute Gasteiger partial charge is 0.345 e. The van der Waals surface area contributed by atoms with Gasteiger partial charge in [0.25, 0.3) is 5.91 Å². The number of rotatable bonds is 6. The van der Waals surface area contributed by atoms with Crippen LogP contribution in [0.1, 0.15) is 21.7 Å². The molecule has 2 aromatic heterocycles. The fraction of sp³-hybridized carbons (Fsp3) is 0.176. The fourth-order valence-corrected chi connectivity index (χ4v) is 3.43. The number of nitrogens with zero attached hydrogens (tertiary/aromatic N) is 4. The van der Waals surface area contributed by atoms with Crippen molar-refractivity contribution in [3.05, 3.63) is 65.6 Å². The molecule has 9 heteroatoms. The average molecular weight is 369 g/mol. The Morgan fingerprint density at radius 3 is 2.65 bits per heavy atom. The molecule has 1 aromatic carbocycles. The highest BCUT2D eigenvalue weighted by Gasteiger charge is 2.13. The van der Waals surface area contributed by atoms with Gasteiger partial charge in [-0.15, -0.1) is 10.2 Å². The van der Waals surface area contributed by atoms with Crippen molar-refractivity contribution in [2.24, 2.45) is 0 Å². The SMILES string of the molecule is N#CCS(=O)(=O)Cc1ccc(C(=O)NCc2nnc3ccccn23)cc1. The van der Waals surface area contributed by atoms with Crippen molar-refractivity contribution in [1.29, 1.82) is 5.26 Å². The van der Waals surface area contributed by atoms with E-state index in [0.717, 1.165) is 0 Å². The van der Waals surface area contributed by atoms with Crippen molar-refractivity contribution >= 4 is 21.4 Å². The topological polar surface area (TPSA) is 117 Å². The van der Waals surface area contributed by atoms with Crippen LogP contribution in [0.4, 0.5) is 0 Å². The Bertz CT molecular complexity index is 1080. The molecular formula is C17H15N5O3S. The van der Waals surface area contributed by atoms with Crippen LogP contribution >= 0.6 is 0 Å². The molecular weight excluding hydrogens is 354 g/mol. The molecule has 0 saturated carbocycles. The minimum absolute atomic E-state index is 0.211. The van der Waals surface area contributed by atoms with E-state index in [-0.39, 0.29) is 18.2 Å². The average Bonchev–Trinajstić information content (AvgIpc) is 3.03. The van der Waals surface area contributed by atoms with E-state index in [1.165, 1.54) is 0 Å². The normalized spacial score (nSPS) is 11.2. The number of sulfone groups is 1. The smallest absolute Gasteiger partial charge is 0.251 e. The van der Waals surface area contributed by atoms with Gasteiger partial charge in [0.1, 0.15) is 5.75 Å². The van der Waals surface area contributed by atoms with Crippen LogP contribution in [0.25, 0.3) is 5.65 Å². The Morgan fingerprint density at radius 2 is 1.92 bits per heavy atom. The molecule has 1 amide bonds. The maximum Gasteiger partial charge on any atom is 0.251 e. The first-order valence-electron chi connectivity index (χ1n) is 7.72. The van der Waals surface area contributed by atoms with Crippen molar-refractivity contribution in [3.63, 3.8) is 0 Å². The maximum absolute atomic E-state index is 12.2. The summed E-state index contributed by atoms with van der Waals surface area (Å²) in [5.74, 6) is -0.451. The summed E-state index contributed by atoms with van der Waals surface area (Å²) >= 11 is 0. The summed E-state index contributed by atoms with van der Waals surface area (Å²) in [4.78, 5) is 12.2. The second-order valence-electron chi connectivity index (χ2n) is 5.62. The van der Waals surface area contributed by atoms with E-state index in [4.69, 9.17) is 5.26 Å². The van der Waals surface area contributed by atoms with Crippen molar-refractivity contribution in [2.45, 2.75) is 12.3 Å². The van der Waals surface area contributed by atoms with Crippen LogP contribution in [-0.4, -0.2) is 34.7 Å². The standard InChI is InChI=1S/C17H15N5O3S/c18-8-10-26(24,25)12-13-4-6-14(7-5-13)17(23)19-11-16-21-20-15-3-1-2-9-22(15)16/h1-7,9H,10-12H2,(H,19,23). The Balaban J connectivity index is 1.64. The molecule has 0 aliphatic heterocycles. The van der Waals surface area contributed by atoms with Crippen LogP contribution in [0.15, 0.2) is 48.7 Å². The summed E-state index contributed by atoms with van der Waals surface area (Å²) in [5, 5.41) is 19.3. The van der Waals surface area contributed by atoms with Gasteiger partial charge >= 0.3 is 0 Å². The number of aromatic nitrogens is 3. The minimum Gasteiger partial charge on any atom is -0.345 e. The highest BCUT2D eigenvalue weighted by molar-refractivity contribution is 7.90. The molecule has 26 heavy (non-hydrogen) atoms. The van der Waals surface area contributed by atoms with E-state index in [0.29, 0.717) is 22.6 Å². The zero-order chi connectivity index (χ0) is 18.6. The lowest BCUT2D eigenvalue weighted by Crippen LogP contribution is -2.24. The summed E-state index contributed by atoms with van der Waals surface area (Å²) < 4.78 is 25.1. The molecule has 3 rings (SSSR count). The van der Waals surface area contributed by atoms with Crippen LogP contribution in [0.2, 0.25) is 0 Å². The van der Waals surface area contributed by atoms with Gasteiger partial charge in [-0.25, -0.2) is 8.42 Å². The van der Waals surface area contributed by atoms with Crippen molar-refractivity contribution in [3.8, 4) is 6.07 Å². The van der Waals surface area contributed by atoms with Crippen molar-refractivity contribution < 1.29 is 13.2 Å². The second-order valence-corrected chi connectivity index (χ2v) is 7.68. The molecule has 2 heterocycles. The highest BCUT2D eigenvalue weighted by Crippen LogP contribution is 2.09. The van der Waals surface area contributed by atoms with Gasteiger partial charge in [-0.05, 0) is 29.8 Å². The summed E-state index contributed by atoms with van der Waals surface area (Å²) in [7, 11) is -3.46. The Labute approximate surface area is 150 Å². The molecule has 0 aliphatic rings. The third kappa shape index (κ3) is 4.04. The van der Waals surface area contributed by atoms with E-state index < -0.39 is 15.6 Å². The predicted molar refractivity (Wildman–Crippen MR) is 93.7 cm³/mol. The van der Waals surface area contributed by atoms with Crippen LogP contribution in [0, 0.1) is 11.3 Å². The molecule has 0 saturated heterocycles. The first-order chi connectivity index (χ1) is 12.5. The van der Waals surface area contributed by atoms with Gasteiger partial charge < -0.3 is 5.32 Å². The van der Waals surface area contributed by atoms with E-state index in [1.807, 2.05) is 24.4 Å². The quantitative estimate of drug-likeness (QED) is 0.695. The Kier molecular flexibility index (Phi) is 4.95.